The van der Waals surface area contributed by atoms with Crippen molar-refractivity contribution in [1.82, 2.24) is 4.37 Å². The lowest BCUT2D eigenvalue weighted by molar-refractivity contribution is 0.954. The molecule has 0 bridgehead atoms. The molecule has 2 N–H and O–H groups in total. The predicted octanol–water partition coefficient (Wildman–Crippen LogP) is 4.85. The highest BCUT2D eigenvalue weighted by Gasteiger charge is 2.17. The SMILES string of the molecule is CN(Cc1cc(Br)cs1)c1snc(N)c1-c1ccccc1. The Morgan fingerprint density at radius 1 is 1.29 bits per heavy atom. The van der Waals surface area contributed by atoms with Crippen LogP contribution in [-0.4, -0.2) is 11.4 Å². The third-order valence-electron chi connectivity index (χ3n) is 3.12. The van der Waals surface area contributed by atoms with Crippen molar-refractivity contribution >= 4 is 49.6 Å². The van der Waals surface area contributed by atoms with Gasteiger partial charge in [-0.3, -0.25) is 0 Å². The first-order valence-electron chi connectivity index (χ1n) is 6.40. The van der Waals surface area contributed by atoms with Crippen LogP contribution in [0.2, 0.25) is 0 Å². The Balaban J connectivity index is 1.92. The molecule has 0 saturated heterocycles. The molecule has 0 atom stereocenters. The summed E-state index contributed by atoms with van der Waals surface area (Å²) < 4.78 is 5.46. The lowest BCUT2D eigenvalue weighted by Gasteiger charge is -2.18. The van der Waals surface area contributed by atoms with Gasteiger partial charge in [0.1, 0.15) is 10.8 Å². The third kappa shape index (κ3) is 3.12. The van der Waals surface area contributed by atoms with Crippen molar-refractivity contribution in [3.8, 4) is 11.1 Å². The summed E-state index contributed by atoms with van der Waals surface area (Å²) in [6.07, 6.45) is 0. The minimum absolute atomic E-state index is 0.598. The van der Waals surface area contributed by atoms with E-state index in [1.807, 2.05) is 18.2 Å². The second-order valence-electron chi connectivity index (χ2n) is 4.70. The van der Waals surface area contributed by atoms with Crippen molar-refractivity contribution in [2.24, 2.45) is 0 Å². The zero-order valence-corrected chi connectivity index (χ0v) is 14.6. The fourth-order valence-corrected chi connectivity index (χ4v) is 4.47. The number of hydrogen-bond donors (Lipinski definition) is 1. The Kier molecular flexibility index (Phi) is 4.28. The molecule has 3 aromatic rings. The first-order valence-corrected chi connectivity index (χ1v) is 8.84. The number of halogens is 1. The van der Waals surface area contributed by atoms with Gasteiger partial charge in [0.25, 0.3) is 0 Å². The fraction of sp³-hybridized carbons (Fsp3) is 0.133. The van der Waals surface area contributed by atoms with Gasteiger partial charge in [-0.15, -0.1) is 11.3 Å². The molecule has 3 nitrogen and oxygen atoms in total. The highest BCUT2D eigenvalue weighted by molar-refractivity contribution is 9.10. The fourth-order valence-electron chi connectivity index (χ4n) is 2.17. The molecule has 21 heavy (non-hydrogen) atoms. The van der Waals surface area contributed by atoms with Crippen molar-refractivity contribution in [2.45, 2.75) is 6.54 Å². The van der Waals surface area contributed by atoms with Crippen molar-refractivity contribution in [3.05, 3.63) is 51.1 Å². The summed E-state index contributed by atoms with van der Waals surface area (Å²) in [6, 6.07) is 12.3. The lowest BCUT2D eigenvalue weighted by atomic mass is 10.1. The largest absolute Gasteiger partial charge is 0.382 e. The number of nitrogens with two attached hydrogens (primary N) is 1. The summed E-state index contributed by atoms with van der Waals surface area (Å²) in [5.74, 6) is 0.598. The molecule has 6 heteroatoms. The van der Waals surface area contributed by atoms with E-state index in [2.05, 4.69) is 55.8 Å². The molecule has 0 fully saturated rings. The normalized spacial score (nSPS) is 10.8. The monoisotopic (exact) mass is 379 g/mol. The molecule has 1 aromatic carbocycles. The number of rotatable bonds is 4. The van der Waals surface area contributed by atoms with Crippen molar-refractivity contribution < 1.29 is 0 Å². The van der Waals surface area contributed by atoms with E-state index in [9.17, 15) is 0 Å². The van der Waals surface area contributed by atoms with E-state index in [1.54, 1.807) is 11.3 Å². The zero-order valence-electron chi connectivity index (χ0n) is 11.4. The maximum absolute atomic E-state index is 6.08. The van der Waals surface area contributed by atoms with E-state index >= 15 is 0 Å². The van der Waals surface area contributed by atoms with E-state index in [-0.39, 0.29) is 0 Å². The smallest absolute Gasteiger partial charge is 0.147 e. The number of hydrogen-bond acceptors (Lipinski definition) is 5. The first kappa shape index (κ1) is 14.6. The van der Waals surface area contributed by atoms with E-state index in [0.717, 1.165) is 27.1 Å². The number of anilines is 2. The quantitative estimate of drug-likeness (QED) is 0.703. The molecule has 0 radical (unpaired) electrons. The van der Waals surface area contributed by atoms with Gasteiger partial charge in [-0.05, 0) is 39.1 Å². The van der Waals surface area contributed by atoms with Crippen LogP contribution in [0.5, 0.6) is 0 Å². The molecule has 2 aromatic heterocycles. The van der Waals surface area contributed by atoms with Crippen LogP contribution < -0.4 is 10.6 Å². The van der Waals surface area contributed by atoms with Gasteiger partial charge in [-0.25, -0.2) is 0 Å². The molecule has 3 rings (SSSR count). The standard InChI is InChI=1S/C15H14BrN3S2/c1-19(8-12-7-11(16)9-20-12)15-13(14(17)18-21-15)10-5-3-2-4-6-10/h2-7,9H,8H2,1H3,(H2,17,18). The summed E-state index contributed by atoms with van der Waals surface area (Å²) in [5.41, 5.74) is 8.21. The van der Waals surface area contributed by atoms with Crippen molar-refractivity contribution in [1.29, 1.82) is 0 Å². The van der Waals surface area contributed by atoms with E-state index < -0.39 is 0 Å². The van der Waals surface area contributed by atoms with Gasteiger partial charge >= 0.3 is 0 Å². The Bertz CT molecular complexity index is 736. The van der Waals surface area contributed by atoms with Gasteiger partial charge in [0.2, 0.25) is 0 Å². The molecular formula is C15H14BrN3S2. The predicted molar refractivity (Wildman–Crippen MR) is 96.1 cm³/mol. The molecule has 0 aliphatic heterocycles. The summed E-state index contributed by atoms with van der Waals surface area (Å²) in [4.78, 5) is 3.50. The molecule has 0 aliphatic carbocycles. The molecule has 108 valence electrons. The summed E-state index contributed by atoms with van der Waals surface area (Å²) in [7, 11) is 2.08. The van der Waals surface area contributed by atoms with E-state index in [1.165, 1.54) is 16.4 Å². The maximum Gasteiger partial charge on any atom is 0.147 e. The van der Waals surface area contributed by atoms with E-state index in [0.29, 0.717) is 5.82 Å². The number of nitrogen functional groups attached to an aromatic ring is 1. The van der Waals surface area contributed by atoms with Gasteiger partial charge in [-0.1, -0.05) is 30.3 Å². The van der Waals surface area contributed by atoms with Gasteiger partial charge in [0, 0.05) is 21.8 Å². The number of aromatic nitrogens is 1. The van der Waals surface area contributed by atoms with Crippen LogP contribution in [0.1, 0.15) is 4.88 Å². The van der Waals surface area contributed by atoms with Gasteiger partial charge in [-0.2, -0.15) is 4.37 Å². The minimum Gasteiger partial charge on any atom is -0.382 e. The maximum atomic E-state index is 6.08. The third-order valence-corrected chi connectivity index (χ3v) is 5.78. The molecule has 0 amide bonds. The second-order valence-corrected chi connectivity index (χ2v) is 7.36. The topological polar surface area (TPSA) is 42.2 Å². The van der Waals surface area contributed by atoms with Crippen molar-refractivity contribution in [3.63, 3.8) is 0 Å². The average molecular weight is 380 g/mol. The molecule has 0 aliphatic rings. The first-order chi connectivity index (χ1) is 10.1. The van der Waals surface area contributed by atoms with Crippen LogP contribution in [0.25, 0.3) is 11.1 Å². The zero-order chi connectivity index (χ0) is 14.8. The Morgan fingerprint density at radius 2 is 2.05 bits per heavy atom. The number of benzene rings is 1. The minimum atomic E-state index is 0.598. The van der Waals surface area contributed by atoms with E-state index in [4.69, 9.17) is 5.73 Å². The van der Waals surface area contributed by atoms with Crippen LogP contribution >= 0.6 is 38.8 Å². The highest BCUT2D eigenvalue weighted by atomic mass is 79.9. The van der Waals surface area contributed by atoms with Crippen LogP contribution in [0, 0.1) is 0 Å². The van der Waals surface area contributed by atoms with Crippen LogP contribution in [0.15, 0.2) is 46.3 Å². The molecule has 0 saturated carbocycles. The van der Waals surface area contributed by atoms with Gasteiger partial charge in [0.05, 0.1) is 12.1 Å². The second kappa shape index (κ2) is 6.17. The van der Waals surface area contributed by atoms with Crippen LogP contribution in [0.3, 0.4) is 0 Å². The Hall–Kier alpha value is -1.37. The van der Waals surface area contributed by atoms with Crippen molar-refractivity contribution in [2.75, 3.05) is 17.7 Å². The molecule has 2 heterocycles. The molecule has 0 spiro atoms. The molecular weight excluding hydrogens is 366 g/mol. The number of nitrogens with zero attached hydrogens (tertiary/aromatic N) is 2. The summed E-state index contributed by atoms with van der Waals surface area (Å²) >= 11 is 6.69. The van der Waals surface area contributed by atoms with Gasteiger partial charge < -0.3 is 10.6 Å². The van der Waals surface area contributed by atoms with Crippen LogP contribution in [-0.2, 0) is 6.54 Å². The van der Waals surface area contributed by atoms with Gasteiger partial charge in [0.15, 0.2) is 0 Å². The van der Waals surface area contributed by atoms with Crippen LogP contribution in [0.4, 0.5) is 10.8 Å². The lowest BCUT2D eigenvalue weighted by Crippen LogP contribution is -2.15. The Morgan fingerprint density at radius 3 is 2.71 bits per heavy atom. The average Bonchev–Trinajstić information content (AvgIpc) is 3.06. The molecule has 0 unspecified atom stereocenters. The highest BCUT2D eigenvalue weighted by Crippen LogP contribution is 2.39. The Labute approximate surface area is 140 Å². The number of thiophene rings is 1. The summed E-state index contributed by atoms with van der Waals surface area (Å²) in [5, 5.41) is 3.20. The summed E-state index contributed by atoms with van der Waals surface area (Å²) in [6.45, 7) is 0.845.